The summed E-state index contributed by atoms with van der Waals surface area (Å²) in [5.41, 5.74) is 1.06. The average molecular weight is 293 g/mol. The van der Waals surface area contributed by atoms with Gasteiger partial charge in [0.25, 0.3) is 11.8 Å². The van der Waals surface area contributed by atoms with Crippen LogP contribution in [0.25, 0.3) is 5.57 Å². The zero-order chi connectivity index (χ0) is 15.5. The molecule has 0 saturated heterocycles. The largest absolute Gasteiger partial charge is 0.363 e. The van der Waals surface area contributed by atoms with Gasteiger partial charge in [-0.15, -0.1) is 0 Å². The van der Waals surface area contributed by atoms with Crippen molar-refractivity contribution in [3.05, 3.63) is 77.9 Å². The Kier molecular flexibility index (Phi) is 3.53. The van der Waals surface area contributed by atoms with E-state index in [-0.39, 0.29) is 11.1 Å². The quantitative estimate of drug-likeness (QED) is 0.814. The molecular formula is C17H11NO4. The van der Waals surface area contributed by atoms with Crippen LogP contribution in [0.2, 0.25) is 0 Å². The Balaban J connectivity index is 1.79. The van der Waals surface area contributed by atoms with Crippen molar-refractivity contribution in [3.63, 3.8) is 0 Å². The van der Waals surface area contributed by atoms with Gasteiger partial charge in [-0.3, -0.25) is 9.59 Å². The lowest BCUT2D eigenvalue weighted by Gasteiger charge is -2.13. The van der Waals surface area contributed by atoms with Crippen molar-refractivity contribution in [2.45, 2.75) is 0 Å². The maximum Gasteiger partial charge on any atom is 0.363 e. The van der Waals surface area contributed by atoms with E-state index >= 15 is 0 Å². The summed E-state index contributed by atoms with van der Waals surface area (Å²) in [6, 6.07) is 16.9. The first-order valence-corrected chi connectivity index (χ1v) is 6.60. The molecule has 22 heavy (non-hydrogen) atoms. The first-order valence-electron chi connectivity index (χ1n) is 6.60. The van der Waals surface area contributed by atoms with E-state index in [0.717, 1.165) is 6.08 Å². The highest BCUT2D eigenvalue weighted by Crippen LogP contribution is 2.23. The average Bonchev–Trinajstić information content (AvgIpc) is 2.84. The van der Waals surface area contributed by atoms with E-state index in [0.29, 0.717) is 10.6 Å². The fourth-order valence-corrected chi connectivity index (χ4v) is 2.07. The van der Waals surface area contributed by atoms with Crippen molar-refractivity contribution in [2.24, 2.45) is 0 Å². The maximum absolute atomic E-state index is 12.2. The summed E-state index contributed by atoms with van der Waals surface area (Å²) in [7, 11) is 0. The zero-order valence-corrected chi connectivity index (χ0v) is 11.4. The van der Waals surface area contributed by atoms with Gasteiger partial charge < -0.3 is 4.84 Å². The Bertz CT molecular complexity index is 766. The van der Waals surface area contributed by atoms with E-state index in [2.05, 4.69) is 0 Å². The van der Waals surface area contributed by atoms with Gasteiger partial charge in [-0.25, -0.2) is 4.79 Å². The normalized spacial score (nSPS) is 14.0. The Morgan fingerprint density at radius 3 is 2.09 bits per heavy atom. The van der Waals surface area contributed by atoms with Crippen LogP contribution < -0.4 is 0 Å². The van der Waals surface area contributed by atoms with Gasteiger partial charge in [0, 0.05) is 6.08 Å². The summed E-state index contributed by atoms with van der Waals surface area (Å²) in [4.78, 5) is 41.0. The van der Waals surface area contributed by atoms with E-state index in [9.17, 15) is 14.4 Å². The summed E-state index contributed by atoms with van der Waals surface area (Å²) in [5.74, 6) is -2.08. The number of rotatable bonds is 3. The van der Waals surface area contributed by atoms with E-state index in [1.54, 1.807) is 60.7 Å². The van der Waals surface area contributed by atoms with Gasteiger partial charge in [-0.05, 0) is 17.7 Å². The molecule has 0 aromatic heterocycles. The second-order valence-electron chi connectivity index (χ2n) is 4.61. The van der Waals surface area contributed by atoms with Crippen molar-refractivity contribution < 1.29 is 19.2 Å². The summed E-state index contributed by atoms with van der Waals surface area (Å²) >= 11 is 0. The van der Waals surface area contributed by atoms with Crippen LogP contribution in [0.5, 0.6) is 0 Å². The number of nitrogens with zero attached hydrogens (tertiary/aromatic N) is 1. The third-order valence-electron chi connectivity index (χ3n) is 3.15. The molecule has 2 amide bonds. The van der Waals surface area contributed by atoms with Crippen molar-refractivity contribution in [1.82, 2.24) is 5.06 Å². The molecule has 0 saturated carbocycles. The fraction of sp³-hybridized carbons (Fsp3) is 0. The molecule has 1 aliphatic rings. The smallest absolute Gasteiger partial charge is 0.324 e. The highest BCUT2D eigenvalue weighted by molar-refractivity contribution is 6.33. The van der Waals surface area contributed by atoms with Crippen LogP contribution in [0.15, 0.2) is 66.7 Å². The van der Waals surface area contributed by atoms with Crippen LogP contribution in [0.1, 0.15) is 15.9 Å². The minimum absolute atomic E-state index is 0.200. The molecule has 2 aromatic carbocycles. The Hall–Kier alpha value is -3.21. The van der Waals surface area contributed by atoms with Crippen molar-refractivity contribution >= 4 is 23.4 Å². The molecule has 1 heterocycles. The molecule has 108 valence electrons. The van der Waals surface area contributed by atoms with E-state index < -0.39 is 17.8 Å². The molecule has 1 aliphatic heterocycles. The second kappa shape index (κ2) is 5.65. The van der Waals surface area contributed by atoms with E-state index in [1.807, 2.05) is 0 Å². The number of hydrogen-bond acceptors (Lipinski definition) is 4. The first kappa shape index (κ1) is 13.8. The van der Waals surface area contributed by atoms with Gasteiger partial charge in [-0.2, -0.15) is 0 Å². The highest BCUT2D eigenvalue weighted by atomic mass is 16.7. The van der Waals surface area contributed by atoms with E-state index in [4.69, 9.17) is 4.84 Å². The lowest BCUT2D eigenvalue weighted by Crippen LogP contribution is -2.33. The number of imide groups is 1. The molecule has 0 atom stereocenters. The topological polar surface area (TPSA) is 63.7 Å². The van der Waals surface area contributed by atoms with Crippen molar-refractivity contribution in [3.8, 4) is 0 Å². The lowest BCUT2D eigenvalue weighted by molar-refractivity contribution is -0.170. The van der Waals surface area contributed by atoms with Gasteiger partial charge in [0.15, 0.2) is 0 Å². The Morgan fingerprint density at radius 1 is 0.864 bits per heavy atom. The fourth-order valence-electron chi connectivity index (χ4n) is 2.07. The number of carbonyl (C=O) groups is 3. The summed E-state index contributed by atoms with van der Waals surface area (Å²) < 4.78 is 0. The number of benzene rings is 2. The van der Waals surface area contributed by atoms with Crippen LogP contribution in [0, 0.1) is 0 Å². The third-order valence-corrected chi connectivity index (χ3v) is 3.15. The first-order chi connectivity index (χ1) is 10.7. The van der Waals surface area contributed by atoms with E-state index in [1.165, 1.54) is 0 Å². The van der Waals surface area contributed by atoms with Gasteiger partial charge in [0.05, 0.1) is 11.1 Å². The lowest BCUT2D eigenvalue weighted by atomic mass is 10.1. The summed E-state index contributed by atoms with van der Waals surface area (Å²) in [5, 5.41) is 0.484. The Morgan fingerprint density at radius 2 is 1.45 bits per heavy atom. The van der Waals surface area contributed by atoms with Crippen LogP contribution in [0.3, 0.4) is 0 Å². The van der Waals surface area contributed by atoms with Crippen LogP contribution >= 0.6 is 0 Å². The summed E-state index contributed by atoms with van der Waals surface area (Å²) in [6.45, 7) is 0. The number of amides is 2. The summed E-state index contributed by atoms with van der Waals surface area (Å²) in [6.07, 6.45) is 1.16. The molecule has 3 rings (SSSR count). The molecule has 5 heteroatoms. The monoisotopic (exact) mass is 293 g/mol. The molecule has 0 spiro atoms. The van der Waals surface area contributed by atoms with Gasteiger partial charge in [0.1, 0.15) is 0 Å². The van der Waals surface area contributed by atoms with Gasteiger partial charge >= 0.3 is 5.97 Å². The number of hydroxylamine groups is 2. The molecular weight excluding hydrogens is 282 g/mol. The maximum atomic E-state index is 12.2. The molecule has 0 fully saturated rings. The van der Waals surface area contributed by atoms with Gasteiger partial charge in [0.2, 0.25) is 0 Å². The minimum atomic E-state index is -0.759. The highest BCUT2D eigenvalue weighted by Gasteiger charge is 2.35. The zero-order valence-electron chi connectivity index (χ0n) is 11.4. The van der Waals surface area contributed by atoms with Crippen LogP contribution in [-0.4, -0.2) is 22.8 Å². The molecule has 0 radical (unpaired) electrons. The Labute approximate surface area is 126 Å². The van der Waals surface area contributed by atoms with Crippen LogP contribution in [0.4, 0.5) is 0 Å². The molecule has 5 nitrogen and oxygen atoms in total. The van der Waals surface area contributed by atoms with Gasteiger partial charge in [-0.1, -0.05) is 53.6 Å². The van der Waals surface area contributed by atoms with Crippen molar-refractivity contribution in [2.75, 3.05) is 0 Å². The van der Waals surface area contributed by atoms with Crippen LogP contribution in [-0.2, 0) is 14.4 Å². The second-order valence-corrected chi connectivity index (χ2v) is 4.61. The predicted molar refractivity (Wildman–Crippen MR) is 78.1 cm³/mol. The molecule has 0 aliphatic carbocycles. The predicted octanol–water partition coefficient (Wildman–Crippen LogP) is 2.21. The van der Waals surface area contributed by atoms with Crippen molar-refractivity contribution in [1.29, 1.82) is 0 Å². The molecule has 0 unspecified atom stereocenters. The minimum Gasteiger partial charge on any atom is -0.324 e. The number of hydrogen-bond donors (Lipinski definition) is 0. The molecule has 2 aromatic rings. The SMILES string of the molecule is O=C(ON1C(=O)C=C(c2ccccc2)C1=O)c1ccccc1. The molecule has 0 bridgehead atoms. The molecule has 0 N–H and O–H groups in total. The number of carbonyl (C=O) groups excluding carboxylic acids is 3. The third kappa shape index (κ3) is 2.52. The standard InChI is InChI=1S/C17H11NO4/c19-15-11-14(12-7-3-1-4-8-12)16(20)18(15)22-17(21)13-9-5-2-6-10-13/h1-11H.